The molecule has 31 heavy (non-hydrogen) atoms. The first-order valence-corrected chi connectivity index (χ1v) is 12.2. The maximum absolute atomic E-state index is 14.8. The van der Waals surface area contributed by atoms with E-state index in [0.717, 1.165) is 41.5 Å². The van der Waals surface area contributed by atoms with Crippen molar-refractivity contribution in [3.63, 3.8) is 0 Å². The Kier molecular flexibility index (Phi) is 7.45. The van der Waals surface area contributed by atoms with Gasteiger partial charge in [-0.3, -0.25) is 0 Å². The summed E-state index contributed by atoms with van der Waals surface area (Å²) < 4.78 is 44.2. The van der Waals surface area contributed by atoms with Crippen molar-refractivity contribution in [2.75, 3.05) is 0 Å². The molecule has 4 rings (SSSR count). The van der Waals surface area contributed by atoms with Crippen molar-refractivity contribution in [3.05, 3.63) is 41.7 Å². The first-order valence-electron chi connectivity index (χ1n) is 12.2. The van der Waals surface area contributed by atoms with Crippen molar-refractivity contribution < 1.29 is 17.9 Å². The number of hydrogen-bond acceptors (Lipinski definition) is 1. The molecule has 0 radical (unpaired) electrons. The maximum atomic E-state index is 14.8. The third-order valence-corrected chi connectivity index (χ3v) is 7.78. The van der Waals surface area contributed by atoms with Gasteiger partial charge in [0.15, 0.2) is 0 Å². The summed E-state index contributed by atoms with van der Waals surface area (Å²) >= 11 is 0. The van der Waals surface area contributed by atoms with Crippen LogP contribution in [-0.4, -0.2) is 6.61 Å². The standard InChI is InChI=1S/C27H35F3O/c1-2-3-4-5-6-18-7-8-20-14-21(10-9-19(20)13-18)23-15-22-11-12-24(31-27(29)30)17-25(22)26(28)16-23/h11-12,15-21,27H,2-10,13-14H2,1H3. The number of halogens is 3. The van der Waals surface area contributed by atoms with Crippen molar-refractivity contribution in [2.24, 2.45) is 17.8 Å². The van der Waals surface area contributed by atoms with Gasteiger partial charge in [-0.05, 0) is 84.9 Å². The van der Waals surface area contributed by atoms with Crippen LogP contribution in [-0.2, 0) is 0 Å². The van der Waals surface area contributed by atoms with E-state index in [9.17, 15) is 13.2 Å². The summed E-state index contributed by atoms with van der Waals surface area (Å²) in [5.41, 5.74) is 1.06. The van der Waals surface area contributed by atoms with Crippen molar-refractivity contribution in [3.8, 4) is 5.75 Å². The largest absolute Gasteiger partial charge is 0.435 e. The number of hydrogen-bond donors (Lipinski definition) is 0. The maximum Gasteiger partial charge on any atom is 0.387 e. The van der Waals surface area contributed by atoms with Gasteiger partial charge in [0.25, 0.3) is 0 Å². The third-order valence-electron chi connectivity index (χ3n) is 7.78. The summed E-state index contributed by atoms with van der Waals surface area (Å²) in [7, 11) is 0. The molecule has 0 heterocycles. The lowest BCUT2D eigenvalue weighted by molar-refractivity contribution is -0.0497. The van der Waals surface area contributed by atoms with Crippen LogP contribution in [0.5, 0.6) is 5.75 Å². The van der Waals surface area contributed by atoms with Crippen LogP contribution in [0, 0.1) is 23.6 Å². The van der Waals surface area contributed by atoms with Gasteiger partial charge in [-0.1, -0.05) is 57.6 Å². The Hall–Kier alpha value is -1.71. The van der Waals surface area contributed by atoms with Crippen LogP contribution in [0.25, 0.3) is 10.8 Å². The van der Waals surface area contributed by atoms with Gasteiger partial charge in [0.2, 0.25) is 0 Å². The van der Waals surface area contributed by atoms with Crippen LogP contribution >= 0.6 is 0 Å². The fourth-order valence-corrected chi connectivity index (χ4v) is 6.14. The van der Waals surface area contributed by atoms with Crippen molar-refractivity contribution in [2.45, 2.75) is 90.1 Å². The van der Waals surface area contributed by atoms with Crippen LogP contribution in [0.4, 0.5) is 13.2 Å². The Labute approximate surface area is 184 Å². The van der Waals surface area contributed by atoms with E-state index in [-0.39, 0.29) is 11.6 Å². The molecule has 2 fully saturated rings. The van der Waals surface area contributed by atoms with Crippen molar-refractivity contribution >= 4 is 10.8 Å². The summed E-state index contributed by atoms with van der Waals surface area (Å²) in [6.45, 7) is -0.633. The predicted octanol–water partition coefficient (Wildman–Crippen LogP) is 8.85. The van der Waals surface area contributed by atoms with E-state index in [1.807, 2.05) is 0 Å². The SMILES string of the molecule is CCCCCCC1CCC2CC(c3cc(F)c4cc(OC(F)F)ccc4c3)CCC2C1. The number of unbranched alkanes of at least 4 members (excludes halogenated alkanes) is 3. The number of alkyl halides is 2. The van der Waals surface area contributed by atoms with Crippen LogP contribution in [0.3, 0.4) is 0 Å². The molecule has 0 aromatic heterocycles. The highest BCUT2D eigenvalue weighted by molar-refractivity contribution is 5.85. The molecule has 1 nitrogen and oxygen atoms in total. The summed E-state index contributed by atoms with van der Waals surface area (Å²) in [5, 5.41) is 1.11. The molecule has 0 N–H and O–H groups in total. The average molecular weight is 433 g/mol. The first kappa shape index (κ1) is 22.5. The molecule has 4 atom stereocenters. The zero-order valence-electron chi connectivity index (χ0n) is 18.6. The Bertz CT molecular complexity index is 865. The second-order valence-electron chi connectivity index (χ2n) is 9.82. The lowest BCUT2D eigenvalue weighted by atomic mass is 9.63. The van der Waals surface area contributed by atoms with E-state index in [4.69, 9.17) is 0 Å². The zero-order chi connectivity index (χ0) is 21.8. The molecule has 2 aliphatic carbocycles. The molecule has 0 aliphatic heterocycles. The van der Waals surface area contributed by atoms with Crippen molar-refractivity contribution in [1.82, 2.24) is 0 Å². The lowest BCUT2D eigenvalue weighted by Gasteiger charge is -2.42. The molecule has 170 valence electrons. The van der Waals surface area contributed by atoms with Gasteiger partial charge < -0.3 is 4.74 Å². The number of fused-ring (bicyclic) bond motifs is 2. The molecule has 0 bridgehead atoms. The fourth-order valence-electron chi connectivity index (χ4n) is 6.14. The molecule has 4 heteroatoms. The van der Waals surface area contributed by atoms with E-state index in [0.29, 0.717) is 11.3 Å². The molecule has 0 amide bonds. The molecular formula is C27H35F3O. The summed E-state index contributed by atoms with van der Waals surface area (Å²) in [4.78, 5) is 0. The zero-order valence-corrected chi connectivity index (χ0v) is 18.6. The second kappa shape index (κ2) is 10.3. The van der Waals surface area contributed by atoms with E-state index >= 15 is 0 Å². The number of rotatable bonds is 8. The van der Waals surface area contributed by atoms with Gasteiger partial charge in [0.1, 0.15) is 11.6 Å². The van der Waals surface area contributed by atoms with Crippen LogP contribution in [0.2, 0.25) is 0 Å². The number of ether oxygens (including phenoxy) is 1. The molecule has 2 aromatic rings. The highest BCUT2D eigenvalue weighted by atomic mass is 19.3. The molecule has 4 unspecified atom stereocenters. The van der Waals surface area contributed by atoms with E-state index in [1.165, 1.54) is 69.9 Å². The summed E-state index contributed by atoms with van der Waals surface area (Å²) in [6.07, 6.45) is 14.4. The average Bonchev–Trinajstić information content (AvgIpc) is 2.76. The fraction of sp³-hybridized carbons (Fsp3) is 0.630. The van der Waals surface area contributed by atoms with Gasteiger partial charge in [0, 0.05) is 5.39 Å². The van der Waals surface area contributed by atoms with E-state index in [2.05, 4.69) is 17.7 Å². The molecule has 0 spiro atoms. The van der Waals surface area contributed by atoms with Gasteiger partial charge in [0.05, 0.1) is 0 Å². The predicted molar refractivity (Wildman–Crippen MR) is 120 cm³/mol. The minimum atomic E-state index is -2.90. The van der Waals surface area contributed by atoms with Gasteiger partial charge in [-0.25, -0.2) is 4.39 Å². The Morgan fingerprint density at radius 1 is 0.935 bits per heavy atom. The lowest BCUT2D eigenvalue weighted by Crippen LogP contribution is -2.30. The first-order chi connectivity index (χ1) is 15.0. The topological polar surface area (TPSA) is 9.23 Å². The van der Waals surface area contributed by atoms with E-state index < -0.39 is 6.61 Å². The van der Waals surface area contributed by atoms with Crippen LogP contribution in [0.1, 0.15) is 89.0 Å². The smallest absolute Gasteiger partial charge is 0.387 e. The second-order valence-corrected chi connectivity index (χ2v) is 9.82. The van der Waals surface area contributed by atoms with Crippen LogP contribution < -0.4 is 4.74 Å². The summed E-state index contributed by atoms with van der Waals surface area (Å²) in [5.74, 6) is 2.59. The molecule has 2 aliphatic rings. The van der Waals surface area contributed by atoms with Crippen LogP contribution in [0.15, 0.2) is 30.3 Å². The minimum Gasteiger partial charge on any atom is -0.435 e. The minimum absolute atomic E-state index is 0.00103. The van der Waals surface area contributed by atoms with Gasteiger partial charge in [-0.2, -0.15) is 8.78 Å². The Morgan fingerprint density at radius 3 is 2.55 bits per heavy atom. The highest BCUT2D eigenvalue weighted by Gasteiger charge is 2.36. The Balaban J connectivity index is 1.39. The molecule has 2 aromatic carbocycles. The molecule has 0 saturated heterocycles. The normalized spacial score (nSPS) is 26.2. The quantitative estimate of drug-likeness (QED) is 0.379. The van der Waals surface area contributed by atoms with Crippen molar-refractivity contribution in [1.29, 1.82) is 0 Å². The van der Waals surface area contributed by atoms with E-state index in [1.54, 1.807) is 12.1 Å². The number of benzene rings is 2. The van der Waals surface area contributed by atoms with Gasteiger partial charge >= 0.3 is 6.61 Å². The molecule has 2 saturated carbocycles. The van der Waals surface area contributed by atoms with Gasteiger partial charge in [-0.15, -0.1) is 0 Å². The highest BCUT2D eigenvalue weighted by Crippen LogP contribution is 2.48. The summed E-state index contributed by atoms with van der Waals surface area (Å²) in [6, 6.07) is 8.23. The molecular weight excluding hydrogens is 397 g/mol. The monoisotopic (exact) mass is 432 g/mol. The third kappa shape index (κ3) is 5.56. The Morgan fingerprint density at radius 2 is 1.74 bits per heavy atom.